The molecule has 1 aromatic heterocycles. The van der Waals surface area contributed by atoms with E-state index in [4.69, 9.17) is 4.74 Å². The number of nitrogens with one attached hydrogen (secondary N) is 2. The molecule has 0 aliphatic heterocycles. The number of anilines is 1. The van der Waals surface area contributed by atoms with E-state index in [-0.39, 0.29) is 17.9 Å². The van der Waals surface area contributed by atoms with Crippen molar-refractivity contribution in [2.24, 2.45) is 5.92 Å². The molecule has 1 aliphatic rings. The number of aryl methyl sites for hydroxylation is 1. The van der Waals surface area contributed by atoms with Crippen molar-refractivity contribution in [1.29, 1.82) is 5.26 Å². The third-order valence-corrected chi connectivity index (χ3v) is 6.76. The predicted octanol–water partition coefficient (Wildman–Crippen LogP) is 4.34. The van der Waals surface area contributed by atoms with Crippen molar-refractivity contribution >= 4 is 23.6 Å². The highest BCUT2D eigenvalue weighted by Crippen LogP contribution is 2.37. The van der Waals surface area contributed by atoms with Gasteiger partial charge < -0.3 is 19.9 Å². The van der Waals surface area contributed by atoms with Gasteiger partial charge in [0.15, 0.2) is 6.61 Å². The van der Waals surface area contributed by atoms with Gasteiger partial charge in [0.1, 0.15) is 17.9 Å². The lowest BCUT2D eigenvalue weighted by atomic mass is 10.0. The molecule has 1 fully saturated rings. The standard InChI is InChI=1S/C27H34N4O4/c1-16(2)24(30-26(33)21-13-9-6-10-17(21)3)27(34)35-15-23(32)29-25-22(14-28)18(4)19(5)31(25)20-11-7-8-12-20/h6,9-10,13,16,20,24H,7-8,11-12,15H2,1-5H3,(H,29,32)(H,30,33)/t24-/m1/s1. The second-order valence-electron chi connectivity index (χ2n) is 9.52. The molecule has 1 aromatic carbocycles. The lowest BCUT2D eigenvalue weighted by molar-refractivity contribution is -0.150. The van der Waals surface area contributed by atoms with E-state index in [1.165, 1.54) is 0 Å². The molecule has 1 saturated carbocycles. The summed E-state index contributed by atoms with van der Waals surface area (Å²) in [6, 6.07) is 8.64. The molecule has 0 saturated heterocycles. The lowest BCUT2D eigenvalue weighted by Gasteiger charge is -2.22. The number of carbonyl (C=O) groups is 3. The van der Waals surface area contributed by atoms with E-state index in [9.17, 15) is 19.6 Å². The van der Waals surface area contributed by atoms with Crippen LogP contribution in [0.3, 0.4) is 0 Å². The summed E-state index contributed by atoms with van der Waals surface area (Å²) in [4.78, 5) is 38.2. The van der Waals surface area contributed by atoms with E-state index in [1.54, 1.807) is 26.0 Å². The molecule has 2 aromatic rings. The van der Waals surface area contributed by atoms with Crippen molar-refractivity contribution in [2.75, 3.05) is 11.9 Å². The van der Waals surface area contributed by atoms with Gasteiger partial charge in [-0.2, -0.15) is 5.26 Å². The van der Waals surface area contributed by atoms with Crippen LogP contribution in [0.4, 0.5) is 5.82 Å². The van der Waals surface area contributed by atoms with Crippen LogP contribution in [0, 0.1) is 38.0 Å². The highest BCUT2D eigenvalue weighted by atomic mass is 16.5. The minimum Gasteiger partial charge on any atom is -0.454 e. The van der Waals surface area contributed by atoms with E-state index in [0.29, 0.717) is 16.9 Å². The molecule has 1 atom stereocenters. The number of esters is 1. The smallest absolute Gasteiger partial charge is 0.329 e. The summed E-state index contributed by atoms with van der Waals surface area (Å²) in [5, 5.41) is 15.2. The van der Waals surface area contributed by atoms with Crippen molar-refractivity contribution in [3.05, 3.63) is 52.2 Å². The highest BCUT2D eigenvalue weighted by molar-refractivity contribution is 5.98. The fraction of sp³-hybridized carbons (Fsp3) is 0.481. The Balaban J connectivity index is 1.68. The fourth-order valence-electron chi connectivity index (χ4n) is 4.64. The summed E-state index contributed by atoms with van der Waals surface area (Å²) in [5.74, 6) is -1.37. The van der Waals surface area contributed by atoms with Crippen LogP contribution in [0.15, 0.2) is 24.3 Å². The van der Waals surface area contributed by atoms with Gasteiger partial charge >= 0.3 is 5.97 Å². The van der Waals surface area contributed by atoms with E-state index in [1.807, 2.05) is 37.5 Å². The van der Waals surface area contributed by atoms with Gasteiger partial charge in [0, 0.05) is 17.3 Å². The molecular formula is C27H34N4O4. The maximum Gasteiger partial charge on any atom is 0.329 e. The van der Waals surface area contributed by atoms with Crippen LogP contribution in [0.25, 0.3) is 0 Å². The number of aromatic nitrogens is 1. The number of ether oxygens (including phenoxy) is 1. The van der Waals surface area contributed by atoms with Gasteiger partial charge in [-0.1, -0.05) is 44.9 Å². The van der Waals surface area contributed by atoms with Gasteiger partial charge in [0.05, 0.1) is 5.56 Å². The van der Waals surface area contributed by atoms with Crippen LogP contribution >= 0.6 is 0 Å². The molecule has 0 unspecified atom stereocenters. The average Bonchev–Trinajstić information content (AvgIpc) is 3.42. The number of hydrogen-bond donors (Lipinski definition) is 2. The number of hydrogen-bond acceptors (Lipinski definition) is 5. The van der Waals surface area contributed by atoms with Crippen LogP contribution < -0.4 is 10.6 Å². The van der Waals surface area contributed by atoms with Gasteiger partial charge in [0.25, 0.3) is 11.8 Å². The zero-order chi connectivity index (χ0) is 25.7. The zero-order valence-corrected chi connectivity index (χ0v) is 21.1. The quantitative estimate of drug-likeness (QED) is 0.548. The van der Waals surface area contributed by atoms with Crippen molar-refractivity contribution in [3.8, 4) is 6.07 Å². The van der Waals surface area contributed by atoms with Gasteiger partial charge in [0.2, 0.25) is 0 Å². The Labute approximate surface area is 206 Å². The van der Waals surface area contributed by atoms with Gasteiger partial charge in [-0.05, 0) is 56.7 Å². The SMILES string of the molecule is Cc1ccccc1C(=O)N[C@@H](C(=O)OCC(=O)Nc1c(C#N)c(C)c(C)n1C1CCCC1)C(C)C. The zero-order valence-electron chi connectivity index (χ0n) is 21.1. The fourth-order valence-corrected chi connectivity index (χ4v) is 4.64. The molecule has 0 spiro atoms. The predicted molar refractivity (Wildman–Crippen MR) is 133 cm³/mol. The van der Waals surface area contributed by atoms with Crippen molar-refractivity contribution in [2.45, 2.75) is 72.4 Å². The number of benzene rings is 1. The Kier molecular flexibility index (Phi) is 8.34. The second-order valence-corrected chi connectivity index (χ2v) is 9.52. The number of amides is 2. The molecule has 1 aliphatic carbocycles. The summed E-state index contributed by atoms with van der Waals surface area (Å²) in [5.41, 5.74) is 3.50. The third kappa shape index (κ3) is 5.73. The van der Waals surface area contributed by atoms with Gasteiger partial charge in [-0.3, -0.25) is 9.59 Å². The summed E-state index contributed by atoms with van der Waals surface area (Å²) in [6.45, 7) is 8.73. The van der Waals surface area contributed by atoms with Crippen LogP contribution in [0.5, 0.6) is 0 Å². The van der Waals surface area contributed by atoms with Crippen molar-refractivity contribution in [3.63, 3.8) is 0 Å². The number of nitrogens with zero attached hydrogens (tertiary/aromatic N) is 2. The molecule has 2 amide bonds. The molecule has 8 heteroatoms. The number of nitriles is 1. The van der Waals surface area contributed by atoms with Crippen molar-refractivity contribution < 1.29 is 19.1 Å². The van der Waals surface area contributed by atoms with Crippen LogP contribution in [0.2, 0.25) is 0 Å². The van der Waals surface area contributed by atoms with E-state index in [2.05, 4.69) is 16.7 Å². The molecule has 3 rings (SSSR count). The van der Waals surface area contributed by atoms with Crippen LogP contribution in [-0.2, 0) is 14.3 Å². The molecule has 186 valence electrons. The second kappa shape index (κ2) is 11.2. The monoisotopic (exact) mass is 478 g/mol. The first kappa shape index (κ1) is 26.0. The molecule has 0 radical (unpaired) electrons. The normalized spacial score (nSPS) is 14.4. The summed E-state index contributed by atoms with van der Waals surface area (Å²) >= 11 is 0. The van der Waals surface area contributed by atoms with Crippen LogP contribution in [-0.4, -0.2) is 35.0 Å². The summed E-state index contributed by atoms with van der Waals surface area (Å²) in [6.07, 6.45) is 4.21. The highest BCUT2D eigenvalue weighted by Gasteiger charge is 2.29. The van der Waals surface area contributed by atoms with Gasteiger partial charge in [-0.15, -0.1) is 0 Å². The molecule has 8 nitrogen and oxygen atoms in total. The number of rotatable bonds is 8. The molecular weight excluding hydrogens is 444 g/mol. The van der Waals surface area contributed by atoms with E-state index >= 15 is 0 Å². The molecule has 2 N–H and O–H groups in total. The largest absolute Gasteiger partial charge is 0.454 e. The van der Waals surface area contributed by atoms with Crippen molar-refractivity contribution in [1.82, 2.24) is 9.88 Å². The molecule has 0 bridgehead atoms. The van der Waals surface area contributed by atoms with Gasteiger partial charge in [-0.25, -0.2) is 4.79 Å². The first-order valence-corrected chi connectivity index (χ1v) is 12.1. The topological polar surface area (TPSA) is 113 Å². The minimum absolute atomic E-state index is 0.232. The Morgan fingerprint density at radius 3 is 2.40 bits per heavy atom. The first-order chi connectivity index (χ1) is 16.6. The molecule has 1 heterocycles. The van der Waals surface area contributed by atoms with E-state index < -0.39 is 24.5 Å². The average molecular weight is 479 g/mol. The lowest BCUT2D eigenvalue weighted by Crippen LogP contribution is -2.46. The third-order valence-electron chi connectivity index (χ3n) is 6.76. The minimum atomic E-state index is -0.906. The Morgan fingerprint density at radius 2 is 1.80 bits per heavy atom. The summed E-state index contributed by atoms with van der Waals surface area (Å²) in [7, 11) is 0. The van der Waals surface area contributed by atoms with Crippen LogP contribution in [0.1, 0.15) is 78.3 Å². The maximum atomic E-state index is 12.8. The first-order valence-electron chi connectivity index (χ1n) is 12.1. The summed E-state index contributed by atoms with van der Waals surface area (Å²) < 4.78 is 7.33. The molecule has 35 heavy (non-hydrogen) atoms. The number of carbonyl (C=O) groups excluding carboxylic acids is 3. The Morgan fingerprint density at radius 1 is 1.14 bits per heavy atom. The Hall–Kier alpha value is -3.60. The maximum absolute atomic E-state index is 12.8. The Bertz CT molecular complexity index is 1150. The van der Waals surface area contributed by atoms with E-state index in [0.717, 1.165) is 42.5 Å².